The van der Waals surface area contributed by atoms with Gasteiger partial charge in [-0.1, -0.05) is 36.8 Å². The number of ether oxygens (including phenoxy) is 1. The van der Waals surface area contributed by atoms with Gasteiger partial charge in [0.1, 0.15) is 0 Å². The molecule has 94 valence electrons. The van der Waals surface area contributed by atoms with Gasteiger partial charge in [0.2, 0.25) is 0 Å². The van der Waals surface area contributed by atoms with E-state index in [4.69, 9.17) is 4.74 Å². The van der Waals surface area contributed by atoms with Crippen molar-refractivity contribution in [3.05, 3.63) is 35.9 Å². The van der Waals surface area contributed by atoms with Crippen molar-refractivity contribution >= 4 is 0 Å². The molecule has 1 aliphatic rings. The lowest BCUT2D eigenvalue weighted by atomic mass is 9.93. The fraction of sp³-hybridized carbons (Fsp3) is 0.600. The van der Waals surface area contributed by atoms with E-state index in [-0.39, 0.29) is 12.5 Å². The van der Waals surface area contributed by atoms with Gasteiger partial charge in [0, 0.05) is 19.1 Å². The zero-order valence-electron chi connectivity index (χ0n) is 10.3. The van der Waals surface area contributed by atoms with E-state index < -0.39 is 0 Å². The lowest BCUT2D eigenvalue weighted by Crippen LogP contribution is -2.08. The van der Waals surface area contributed by atoms with Crippen molar-refractivity contribution in [1.82, 2.24) is 0 Å². The van der Waals surface area contributed by atoms with Gasteiger partial charge in [-0.3, -0.25) is 0 Å². The largest absolute Gasteiger partial charge is 0.396 e. The minimum Gasteiger partial charge on any atom is -0.396 e. The summed E-state index contributed by atoms with van der Waals surface area (Å²) in [6.07, 6.45) is 6.25. The number of hydrogen-bond acceptors (Lipinski definition) is 2. The first-order chi connectivity index (χ1) is 8.40. The van der Waals surface area contributed by atoms with Crippen LogP contribution in [0.5, 0.6) is 0 Å². The summed E-state index contributed by atoms with van der Waals surface area (Å²) < 4.78 is 5.61. The molecule has 1 heterocycles. The van der Waals surface area contributed by atoms with E-state index in [0.29, 0.717) is 6.10 Å². The third-order valence-electron chi connectivity index (χ3n) is 3.59. The molecular formula is C15H22O2. The minimum atomic E-state index is 0.246. The normalized spacial score (nSPS) is 21.6. The zero-order chi connectivity index (χ0) is 11.9. The van der Waals surface area contributed by atoms with Crippen LogP contribution in [0.25, 0.3) is 0 Å². The molecule has 1 aromatic carbocycles. The van der Waals surface area contributed by atoms with Crippen LogP contribution in [0, 0.1) is 0 Å². The van der Waals surface area contributed by atoms with Gasteiger partial charge >= 0.3 is 0 Å². The standard InChI is InChI=1S/C15H22O2/c16-12-14(13-6-2-1-3-7-13)8-4-9-15-10-5-11-17-15/h1-3,6-7,14-16H,4-5,8-12H2. The summed E-state index contributed by atoms with van der Waals surface area (Å²) in [7, 11) is 0. The highest BCUT2D eigenvalue weighted by Crippen LogP contribution is 2.24. The molecule has 1 saturated heterocycles. The molecule has 0 amide bonds. The molecule has 2 unspecified atom stereocenters. The predicted octanol–water partition coefficient (Wildman–Crippen LogP) is 3.11. The number of benzene rings is 1. The van der Waals surface area contributed by atoms with Crippen LogP contribution >= 0.6 is 0 Å². The summed E-state index contributed by atoms with van der Waals surface area (Å²) in [4.78, 5) is 0. The Bertz CT molecular complexity index is 304. The summed E-state index contributed by atoms with van der Waals surface area (Å²) in [6, 6.07) is 10.3. The van der Waals surface area contributed by atoms with Crippen molar-refractivity contribution in [2.45, 2.75) is 44.1 Å². The molecule has 2 atom stereocenters. The van der Waals surface area contributed by atoms with E-state index in [2.05, 4.69) is 12.1 Å². The Morgan fingerprint density at radius 3 is 2.76 bits per heavy atom. The van der Waals surface area contributed by atoms with E-state index in [1.165, 1.54) is 18.4 Å². The molecule has 0 aromatic heterocycles. The molecule has 2 nitrogen and oxygen atoms in total. The van der Waals surface area contributed by atoms with Crippen LogP contribution in [-0.2, 0) is 4.74 Å². The first-order valence-corrected chi connectivity index (χ1v) is 6.67. The van der Waals surface area contributed by atoms with E-state index in [1.807, 2.05) is 18.2 Å². The number of rotatable bonds is 6. The van der Waals surface area contributed by atoms with Crippen molar-refractivity contribution in [2.24, 2.45) is 0 Å². The smallest absolute Gasteiger partial charge is 0.0576 e. The highest BCUT2D eigenvalue weighted by molar-refractivity contribution is 5.19. The van der Waals surface area contributed by atoms with Crippen LogP contribution in [0.3, 0.4) is 0 Å². The fourth-order valence-electron chi connectivity index (χ4n) is 2.55. The summed E-state index contributed by atoms with van der Waals surface area (Å²) in [6.45, 7) is 1.18. The maximum Gasteiger partial charge on any atom is 0.0576 e. The second-order valence-electron chi connectivity index (χ2n) is 4.86. The van der Waals surface area contributed by atoms with E-state index in [9.17, 15) is 5.11 Å². The summed E-state index contributed by atoms with van der Waals surface area (Å²) in [5.41, 5.74) is 1.25. The third-order valence-corrected chi connectivity index (χ3v) is 3.59. The maximum atomic E-state index is 9.44. The van der Waals surface area contributed by atoms with Crippen LogP contribution in [0.15, 0.2) is 30.3 Å². The first-order valence-electron chi connectivity index (χ1n) is 6.67. The lowest BCUT2D eigenvalue weighted by Gasteiger charge is -2.15. The predicted molar refractivity (Wildman–Crippen MR) is 69.1 cm³/mol. The van der Waals surface area contributed by atoms with Crippen molar-refractivity contribution in [2.75, 3.05) is 13.2 Å². The van der Waals surface area contributed by atoms with Gasteiger partial charge in [-0.05, 0) is 31.2 Å². The van der Waals surface area contributed by atoms with Crippen LogP contribution < -0.4 is 0 Å². The van der Waals surface area contributed by atoms with E-state index >= 15 is 0 Å². The van der Waals surface area contributed by atoms with Gasteiger partial charge in [0.15, 0.2) is 0 Å². The second kappa shape index (κ2) is 6.77. The monoisotopic (exact) mass is 234 g/mol. The Balaban J connectivity index is 1.75. The van der Waals surface area contributed by atoms with Crippen LogP contribution in [0.2, 0.25) is 0 Å². The molecule has 0 bridgehead atoms. The van der Waals surface area contributed by atoms with Crippen molar-refractivity contribution in [3.63, 3.8) is 0 Å². The SMILES string of the molecule is OCC(CCCC1CCCO1)c1ccccc1. The van der Waals surface area contributed by atoms with E-state index in [1.54, 1.807) is 0 Å². The Labute approximate surface area is 104 Å². The number of hydrogen-bond donors (Lipinski definition) is 1. The van der Waals surface area contributed by atoms with E-state index in [0.717, 1.165) is 25.9 Å². The first kappa shape index (κ1) is 12.6. The summed E-state index contributed by atoms with van der Waals surface area (Å²) in [5.74, 6) is 0.289. The van der Waals surface area contributed by atoms with Crippen molar-refractivity contribution < 1.29 is 9.84 Å². The molecule has 2 heteroatoms. The maximum absolute atomic E-state index is 9.44. The Kier molecular flexibility index (Phi) is 5.02. The molecule has 0 saturated carbocycles. The third kappa shape index (κ3) is 3.83. The zero-order valence-corrected chi connectivity index (χ0v) is 10.3. The van der Waals surface area contributed by atoms with Crippen molar-refractivity contribution in [3.8, 4) is 0 Å². The molecule has 1 aromatic rings. The Hall–Kier alpha value is -0.860. The molecule has 0 spiro atoms. The van der Waals surface area contributed by atoms with Gasteiger partial charge in [-0.25, -0.2) is 0 Å². The Morgan fingerprint density at radius 2 is 2.12 bits per heavy atom. The van der Waals surface area contributed by atoms with Gasteiger partial charge in [-0.2, -0.15) is 0 Å². The summed E-state index contributed by atoms with van der Waals surface area (Å²) >= 11 is 0. The molecular weight excluding hydrogens is 212 g/mol. The van der Waals surface area contributed by atoms with Gasteiger partial charge < -0.3 is 9.84 Å². The highest BCUT2D eigenvalue weighted by Gasteiger charge is 2.16. The Morgan fingerprint density at radius 1 is 1.29 bits per heavy atom. The summed E-state index contributed by atoms with van der Waals surface area (Å²) in [5, 5.41) is 9.44. The van der Waals surface area contributed by atoms with Crippen LogP contribution in [-0.4, -0.2) is 24.4 Å². The lowest BCUT2D eigenvalue weighted by molar-refractivity contribution is 0.101. The van der Waals surface area contributed by atoms with Gasteiger partial charge in [0.25, 0.3) is 0 Å². The fourth-order valence-corrected chi connectivity index (χ4v) is 2.55. The number of aliphatic hydroxyl groups excluding tert-OH is 1. The second-order valence-corrected chi connectivity index (χ2v) is 4.86. The van der Waals surface area contributed by atoms with Crippen LogP contribution in [0.4, 0.5) is 0 Å². The average Bonchev–Trinajstić information content (AvgIpc) is 2.89. The molecule has 17 heavy (non-hydrogen) atoms. The number of aliphatic hydroxyl groups is 1. The van der Waals surface area contributed by atoms with Crippen molar-refractivity contribution in [1.29, 1.82) is 0 Å². The molecule has 1 fully saturated rings. The molecule has 0 aliphatic carbocycles. The quantitative estimate of drug-likeness (QED) is 0.819. The van der Waals surface area contributed by atoms with Gasteiger partial charge in [0.05, 0.1) is 6.10 Å². The molecule has 1 N–H and O–H groups in total. The average molecular weight is 234 g/mol. The topological polar surface area (TPSA) is 29.5 Å². The minimum absolute atomic E-state index is 0.246. The molecule has 0 radical (unpaired) electrons. The van der Waals surface area contributed by atoms with Gasteiger partial charge in [-0.15, -0.1) is 0 Å². The molecule has 2 rings (SSSR count). The van der Waals surface area contributed by atoms with Crippen LogP contribution in [0.1, 0.15) is 43.6 Å². The highest BCUT2D eigenvalue weighted by atomic mass is 16.5. The molecule has 1 aliphatic heterocycles.